The van der Waals surface area contributed by atoms with Crippen molar-refractivity contribution in [3.63, 3.8) is 0 Å². The minimum atomic E-state index is -0.190. The molecular weight excluding hydrogens is 268 g/mol. The normalized spacial score (nSPS) is 27.9. The van der Waals surface area contributed by atoms with Crippen LogP contribution in [0.5, 0.6) is 0 Å². The Morgan fingerprint density at radius 3 is 2.71 bits per heavy atom. The van der Waals surface area contributed by atoms with Gasteiger partial charge in [0.25, 0.3) is 5.91 Å². The molecule has 1 aromatic rings. The lowest BCUT2D eigenvalue weighted by Crippen LogP contribution is -2.53. The third-order valence-electron chi connectivity index (χ3n) is 4.87. The maximum atomic E-state index is 12.4. The van der Waals surface area contributed by atoms with Crippen molar-refractivity contribution in [3.05, 3.63) is 18.2 Å². The fourth-order valence-electron chi connectivity index (χ4n) is 3.55. The molecule has 1 saturated carbocycles. The van der Waals surface area contributed by atoms with Crippen LogP contribution in [0.4, 0.5) is 0 Å². The summed E-state index contributed by atoms with van der Waals surface area (Å²) in [6, 6.07) is 0.152. The predicted molar refractivity (Wildman–Crippen MR) is 78.8 cm³/mol. The molecule has 0 aromatic carbocycles. The summed E-state index contributed by atoms with van der Waals surface area (Å²) in [5.74, 6) is 1.24. The molecule has 1 atom stereocenters. The van der Waals surface area contributed by atoms with E-state index in [0.29, 0.717) is 17.7 Å². The average molecular weight is 292 g/mol. The van der Waals surface area contributed by atoms with E-state index >= 15 is 0 Å². The summed E-state index contributed by atoms with van der Waals surface area (Å²) in [4.78, 5) is 16.6. The van der Waals surface area contributed by atoms with Crippen LogP contribution < -0.4 is 10.6 Å². The van der Waals surface area contributed by atoms with E-state index in [2.05, 4.69) is 15.6 Å². The number of nitrogens with one attached hydrogen (secondary N) is 2. The van der Waals surface area contributed by atoms with E-state index in [-0.39, 0.29) is 18.1 Å². The first-order chi connectivity index (χ1) is 10.1. The number of hydrogen-bond acceptors (Lipinski definition) is 4. The Bertz CT molecular complexity index is 490. The van der Waals surface area contributed by atoms with Crippen LogP contribution in [-0.4, -0.2) is 45.8 Å². The number of aromatic nitrogens is 2. The number of rotatable bonds is 4. The lowest BCUT2D eigenvalue weighted by molar-refractivity contribution is 0.00903. The van der Waals surface area contributed by atoms with Crippen molar-refractivity contribution in [2.45, 2.75) is 37.8 Å². The van der Waals surface area contributed by atoms with Crippen molar-refractivity contribution in [2.75, 3.05) is 13.1 Å². The molecule has 2 fully saturated rings. The highest BCUT2D eigenvalue weighted by atomic mass is 16.3. The molecule has 3 rings (SSSR count). The van der Waals surface area contributed by atoms with Gasteiger partial charge in [0.2, 0.25) is 0 Å². The molecule has 3 N–H and O–H groups in total. The molecule has 0 bridgehead atoms. The molecule has 116 valence electrons. The number of aliphatic hydroxyl groups excluding tert-OH is 1. The zero-order valence-corrected chi connectivity index (χ0v) is 12.5. The monoisotopic (exact) mass is 292 g/mol. The molecule has 1 unspecified atom stereocenters. The minimum absolute atomic E-state index is 0.104. The van der Waals surface area contributed by atoms with Gasteiger partial charge in [0.1, 0.15) is 0 Å². The summed E-state index contributed by atoms with van der Waals surface area (Å²) in [5.41, 5.74) is 0. The topological polar surface area (TPSA) is 79.2 Å². The summed E-state index contributed by atoms with van der Waals surface area (Å²) in [6.07, 6.45) is 6.99. The summed E-state index contributed by atoms with van der Waals surface area (Å²) < 4.78 is 1.74. The maximum Gasteiger partial charge on any atom is 0.287 e. The molecule has 1 aliphatic carbocycles. The second-order valence-electron chi connectivity index (χ2n) is 6.33. The Hall–Kier alpha value is -1.40. The first kappa shape index (κ1) is 14.5. The van der Waals surface area contributed by atoms with Crippen LogP contribution in [-0.2, 0) is 7.05 Å². The number of piperidine rings is 1. The summed E-state index contributed by atoms with van der Waals surface area (Å²) >= 11 is 0. The number of aryl methyl sites for hydroxylation is 1. The molecular formula is C15H24N4O2. The van der Waals surface area contributed by atoms with Gasteiger partial charge in [0.05, 0.1) is 6.10 Å². The lowest BCUT2D eigenvalue weighted by atomic mass is 9.71. The predicted octanol–water partition coefficient (Wildman–Crippen LogP) is 0.289. The van der Waals surface area contributed by atoms with Crippen LogP contribution in [0.15, 0.2) is 12.4 Å². The fourth-order valence-corrected chi connectivity index (χ4v) is 3.55. The molecule has 1 aromatic heterocycles. The SMILES string of the molecule is Cn1ccnc1C(=O)NC(C1CCNCC1)C1CC(O)C1. The highest BCUT2D eigenvalue weighted by Crippen LogP contribution is 2.35. The van der Waals surface area contributed by atoms with E-state index in [1.807, 2.05) is 7.05 Å². The van der Waals surface area contributed by atoms with Gasteiger partial charge in [0, 0.05) is 25.5 Å². The van der Waals surface area contributed by atoms with Gasteiger partial charge >= 0.3 is 0 Å². The average Bonchev–Trinajstić information content (AvgIpc) is 2.89. The Morgan fingerprint density at radius 2 is 2.14 bits per heavy atom. The van der Waals surface area contributed by atoms with Gasteiger partial charge in [-0.1, -0.05) is 0 Å². The van der Waals surface area contributed by atoms with Crippen LogP contribution in [0.1, 0.15) is 36.3 Å². The molecule has 1 saturated heterocycles. The van der Waals surface area contributed by atoms with Crippen LogP contribution in [0.2, 0.25) is 0 Å². The van der Waals surface area contributed by atoms with Crippen LogP contribution in [0, 0.1) is 11.8 Å². The zero-order valence-electron chi connectivity index (χ0n) is 12.5. The second kappa shape index (κ2) is 6.15. The van der Waals surface area contributed by atoms with Crippen molar-refractivity contribution in [1.29, 1.82) is 0 Å². The Labute approximate surface area is 124 Å². The van der Waals surface area contributed by atoms with Crippen LogP contribution in [0.25, 0.3) is 0 Å². The zero-order chi connectivity index (χ0) is 14.8. The summed E-state index contributed by atoms with van der Waals surface area (Å²) in [7, 11) is 1.83. The molecule has 2 aliphatic rings. The van der Waals surface area contributed by atoms with E-state index in [9.17, 15) is 9.90 Å². The Kier molecular flexibility index (Phi) is 4.26. The van der Waals surface area contributed by atoms with Crippen LogP contribution >= 0.6 is 0 Å². The number of imidazole rings is 1. The number of carbonyl (C=O) groups is 1. The van der Waals surface area contributed by atoms with Crippen molar-refractivity contribution in [2.24, 2.45) is 18.9 Å². The van der Waals surface area contributed by atoms with E-state index in [0.717, 1.165) is 38.8 Å². The molecule has 0 spiro atoms. The van der Waals surface area contributed by atoms with Gasteiger partial charge < -0.3 is 20.3 Å². The van der Waals surface area contributed by atoms with E-state index in [1.54, 1.807) is 17.0 Å². The van der Waals surface area contributed by atoms with Crippen molar-refractivity contribution in [3.8, 4) is 0 Å². The van der Waals surface area contributed by atoms with Gasteiger partial charge in [0.15, 0.2) is 5.82 Å². The molecule has 6 nitrogen and oxygen atoms in total. The van der Waals surface area contributed by atoms with Gasteiger partial charge in [-0.05, 0) is 50.6 Å². The lowest BCUT2D eigenvalue weighted by Gasteiger charge is -2.43. The van der Waals surface area contributed by atoms with Gasteiger partial charge in [-0.15, -0.1) is 0 Å². The highest BCUT2D eigenvalue weighted by Gasteiger charge is 2.39. The first-order valence-corrected chi connectivity index (χ1v) is 7.82. The molecule has 6 heteroatoms. The van der Waals surface area contributed by atoms with Gasteiger partial charge in [-0.2, -0.15) is 0 Å². The number of aliphatic hydroxyl groups is 1. The Balaban J connectivity index is 1.69. The third kappa shape index (κ3) is 3.11. The van der Waals surface area contributed by atoms with Gasteiger partial charge in [-0.25, -0.2) is 4.98 Å². The van der Waals surface area contributed by atoms with E-state index in [1.165, 1.54) is 0 Å². The van der Waals surface area contributed by atoms with E-state index in [4.69, 9.17) is 0 Å². The molecule has 0 radical (unpaired) electrons. The molecule has 21 heavy (non-hydrogen) atoms. The molecule has 1 aliphatic heterocycles. The third-order valence-corrected chi connectivity index (χ3v) is 4.87. The fraction of sp³-hybridized carbons (Fsp3) is 0.733. The minimum Gasteiger partial charge on any atom is -0.393 e. The molecule has 2 heterocycles. The summed E-state index contributed by atoms with van der Waals surface area (Å²) in [5, 5.41) is 16.1. The number of nitrogens with zero attached hydrogens (tertiary/aromatic N) is 2. The first-order valence-electron chi connectivity index (χ1n) is 7.82. The largest absolute Gasteiger partial charge is 0.393 e. The maximum absolute atomic E-state index is 12.4. The van der Waals surface area contributed by atoms with Crippen molar-refractivity contribution < 1.29 is 9.90 Å². The van der Waals surface area contributed by atoms with Crippen LogP contribution in [0.3, 0.4) is 0 Å². The smallest absolute Gasteiger partial charge is 0.287 e. The van der Waals surface area contributed by atoms with Crippen molar-refractivity contribution >= 4 is 5.91 Å². The number of hydrogen-bond donors (Lipinski definition) is 3. The Morgan fingerprint density at radius 1 is 1.43 bits per heavy atom. The number of carbonyl (C=O) groups excluding carboxylic acids is 1. The second-order valence-corrected chi connectivity index (χ2v) is 6.33. The quantitative estimate of drug-likeness (QED) is 0.745. The molecule has 1 amide bonds. The summed E-state index contributed by atoms with van der Waals surface area (Å²) in [6.45, 7) is 2.02. The van der Waals surface area contributed by atoms with Gasteiger partial charge in [-0.3, -0.25) is 4.79 Å². The highest BCUT2D eigenvalue weighted by molar-refractivity contribution is 5.91. The van der Waals surface area contributed by atoms with E-state index < -0.39 is 0 Å². The standard InChI is InChI=1S/C15H24N4O2/c1-19-7-6-17-14(19)15(21)18-13(11-8-12(20)9-11)10-2-4-16-5-3-10/h6-7,10-13,16,20H,2-5,8-9H2,1H3,(H,18,21). The van der Waals surface area contributed by atoms with Crippen molar-refractivity contribution in [1.82, 2.24) is 20.2 Å². The number of amides is 1.